The van der Waals surface area contributed by atoms with Crippen LogP contribution in [0.2, 0.25) is 0 Å². The molecule has 0 N–H and O–H groups in total. The van der Waals surface area contributed by atoms with Crippen molar-refractivity contribution in [2.45, 2.75) is 39.5 Å². The van der Waals surface area contributed by atoms with Gasteiger partial charge in [-0.2, -0.15) is 10.5 Å². The normalized spacial score (nSPS) is 10.1. The van der Waals surface area contributed by atoms with E-state index in [1.165, 1.54) is 17.0 Å². The predicted molar refractivity (Wildman–Crippen MR) is 77.8 cm³/mol. The van der Waals surface area contributed by atoms with Gasteiger partial charge in [-0.05, 0) is 12.8 Å². The van der Waals surface area contributed by atoms with Crippen LogP contribution in [0.1, 0.15) is 50.7 Å². The summed E-state index contributed by atoms with van der Waals surface area (Å²) >= 11 is 0. The summed E-state index contributed by atoms with van der Waals surface area (Å²) in [4.78, 5) is 1.42. The van der Waals surface area contributed by atoms with E-state index in [2.05, 4.69) is 0 Å². The summed E-state index contributed by atoms with van der Waals surface area (Å²) in [5.74, 6) is -4.03. The van der Waals surface area contributed by atoms with E-state index < -0.39 is 34.3 Å². The number of nitriles is 2. The van der Waals surface area contributed by atoms with Gasteiger partial charge in [-0.25, -0.2) is 13.2 Å². The van der Waals surface area contributed by atoms with Crippen molar-refractivity contribution in [3.8, 4) is 12.1 Å². The van der Waals surface area contributed by atoms with Gasteiger partial charge >= 0.3 is 0 Å². The molecule has 0 aliphatic heterocycles. The molecular weight excluding hydrogens is 291 g/mol. The Hall–Kier alpha value is -2.21. The SMILES string of the molecule is CCCCN(CCCC)c1c(F)c(F)c(C#N)c(C#N)c1F. The van der Waals surface area contributed by atoms with Crippen LogP contribution in [0.4, 0.5) is 18.9 Å². The minimum Gasteiger partial charge on any atom is -0.367 e. The second kappa shape index (κ2) is 8.29. The molecule has 3 nitrogen and oxygen atoms in total. The molecule has 0 saturated carbocycles. The van der Waals surface area contributed by atoms with Crippen LogP contribution in [0, 0.1) is 40.1 Å². The zero-order valence-corrected chi connectivity index (χ0v) is 12.7. The van der Waals surface area contributed by atoms with Gasteiger partial charge in [0.2, 0.25) is 0 Å². The van der Waals surface area contributed by atoms with Gasteiger partial charge in [0.05, 0.1) is 0 Å². The Balaban J connectivity index is 3.46. The number of halogens is 3. The number of unbranched alkanes of at least 4 members (excludes halogenated alkanes) is 2. The highest BCUT2D eigenvalue weighted by atomic mass is 19.2. The highest BCUT2D eigenvalue weighted by Gasteiger charge is 2.28. The molecule has 6 heteroatoms. The molecule has 0 unspecified atom stereocenters. The van der Waals surface area contributed by atoms with Crippen LogP contribution >= 0.6 is 0 Å². The minimum absolute atomic E-state index is 0.362. The van der Waals surface area contributed by atoms with Gasteiger partial charge in [0, 0.05) is 13.1 Å². The monoisotopic (exact) mass is 309 g/mol. The standard InChI is InChI=1S/C16H18F3N3/c1-3-5-7-22(8-6-4-2)16-14(18)12(10-21)11(9-20)13(17)15(16)19/h3-8H2,1-2H3. The van der Waals surface area contributed by atoms with Crippen molar-refractivity contribution < 1.29 is 13.2 Å². The van der Waals surface area contributed by atoms with Crippen molar-refractivity contribution in [1.29, 1.82) is 10.5 Å². The fraction of sp³-hybridized carbons (Fsp3) is 0.500. The van der Waals surface area contributed by atoms with Crippen molar-refractivity contribution in [2.75, 3.05) is 18.0 Å². The Morgan fingerprint density at radius 1 is 0.818 bits per heavy atom. The third-order valence-electron chi connectivity index (χ3n) is 3.40. The molecule has 0 aliphatic rings. The van der Waals surface area contributed by atoms with E-state index in [1.807, 2.05) is 13.8 Å². The van der Waals surface area contributed by atoms with Crippen LogP contribution in [0.3, 0.4) is 0 Å². The molecule has 118 valence electrons. The van der Waals surface area contributed by atoms with E-state index in [0.717, 1.165) is 12.8 Å². The first-order valence-corrected chi connectivity index (χ1v) is 7.28. The fourth-order valence-electron chi connectivity index (χ4n) is 2.17. The van der Waals surface area contributed by atoms with Crippen molar-refractivity contribution in [3.05, 3.63) is 28.6 Å². The van der Waals surface area contributed by atoms with Crippen LogP contribution in [0.25, 0.3) is 0 Å². The first-order valence-electron chi connectivity index (χ1n) is 7.28. The van der Waals surface area contributed by atoms with Crippen LogP contribution in [0.15, 0.2) is 0 Å². The third-order valence-corrected chi connectivity index (χ3v) is 3.40. The Labute approximate surface area is 128 Å². The number of benzene rings is 1. The zero-order valence-electron chi connectivity index (χ0n) is 12.7. The van der Waals surface area contributed by atoms with Crippen molar-refractivity contribution >= 4 is 5.69 Å². The number of anilines is 1. The van der Waals surface area contributed by atoms with E-state index in [-0.39, 0.29) is 0 Å². The summed E-state index contributed by atoms with van der Waals surface area (Å²) < 4.78 is 42.6. The summed E-state index contributed by atoms with van der Waals surface area (Å²) in [6.07, 6.45) is 3.00. The lowest BCUT2D eigenvalue weighted by Gasteiger charge is -2.26. The molecule has 1 aromatic rings. The molecule has 0 spiro atoms. The summed E-state index contributed by atoms with van der Waals surface area (Å²) in [5, 5.41) is 17.8. The molecule has 0 radical (unpaired) electrons. The quantitative estimate of drug-likeness (QED) is 0.707. The van der Waals surface area contributed by atoms with Crippen molar-refractivity contribution in [1.82, 2.24) is 0 Å². The summed E-state index contributed by atoms with van der Waals surface area (Å²) in [6.45, 7) is 4.59. The van der Waals surface area contributed by atoms with Gasteiger partial charge in [-0.1, -0.05) is 26.7 Å². The summed E-state index contributed by atoms with van der Waals surface area (Å²) in [6, 6.07) is 2.81. The maximum Gasteiger partial charge on any atom is 0.186 e. The Kier molecular flexibility index (Phi) is 6.72. The molecular formula is C16H18F3N3. The highest BCUT2D eigenvalue weighted by Crippen LogP contribution is 2.31. The van der Waals surface area contributed by atoms with Crippen LogP contribution in [0.5, 0.6) is 0 Å². The van der Waals surface area contributed by atoms with E-state index in [0.29, 0.717) is 25.9 Å². The topological polar surface area (TPSA) is 50.8 Å². The van der Waals surface area contributed by atoms with Crippen molar-refractivity contribution in [2.24, 2.45) is 0 Å². The third kappa shape index (κ3) is 3.51. The first-order chi connectivity index (χ1) is 10.5. The Bertz CT molecular complexity index is 607. The molecule has 0 aliphatic carbocycles. The van der Waals surface area contributed by atoms with Gasteiger partial charge in [-0.3, -0.25) is 0 Å². The average Bonchev–Trinajstić information content (AvgIpc) is 2.52. The minimum atomic E-state index is -1.46. The zero-order chi connectivity index (χ0) is 16.7. The molecule has 0 saturated heterocycles. The van der Waals surface area contributed by atoms with Gasteiger partial charge < -0.3 is 4.90 Å². The molecule has 0 amide bonds. The van der Waals surface area contributed by atoms with E-state index >= 15 is 0 Å². The molecule has 0 fully saturated rings. The lowest BCUT2D eigenvalue weighted by atomic mass is 10.0. The smallest absolute Gasteiger partial charge is 0.186 e. The van der Waals surface area contributed by atoms with E-state index in [1.54, 1.807) is 0 Å². The second-order valence-corrected chi connectivity index (χ2v) is 4.96. The van der Waals surface area contributed by atoms with Crippen LogP contribution in [-0.2, 0) is 0 Å². The molecule has 1 rings (SSSR count). The lowest BCUT2D eigenvalue weighted by Crippen LogP contribution is -2.28. The van der Waals surface area contributed by atoms with Gasteiger partial charge in [0.15, 0.2) is 17.5 Å². The maximum absolute atomic E-state index is 14.4. The molecule has 0 aromatic heterocycles. The molecule has 0 bridgehead atoms. The van der Waals surface area contributed by atoms with Crippen LogP contribution in [-0.4, -0.2) is 13.1 Å². The highest BCUT2D eigenvalue weighted by molar-refractivity contribution is 5.61. The second-order valence-electron chi connectivity index (χ2n) is 4.96. The van der Waals surface area contributed by atoms with Gasteiger partial charge in [0.25, 0.3) is 0 Å². The maximum atomic E-state index is 14.4. The van der Waals surface area contributed by atoms with Crippen molar-refractivity contribution in [3.63, 3.8) is 0 Å². The number of nitrogens with zero attached hydrogens (tertiary/aromatic N) is 3. The molecule has 22 heavy (non-hydrogen) atoms. The summed E-state index contributed by atoms with van der Waals surface area (Å²) in [5.41, 5.74) is -2.17. The van der Waals surface area contributed by atoms with E-state index in [9.17, 15) is 13.2 Å². The summed E-state index contributed by atoms with van der Waals surface area (Å²) in [7, 11) is 0. The largest absolute Gasteiger partial charge is 0.367 e. The predicted octanol–water partition coefficient (Wildman–Crippen LogP) is 4.25. The number of rotatable bonds is 7. The average molecular weight is 309 g/mol. The lowest BCUT2D eigenvalue weighted by molar-refractivity contribution is 0.485. The Morgan fingerprint density at radius 2 is 1.27 bits per heavy atom. The van der Waals surface area contributed by atoms with Gasteiger partial charge in [0.1, 0.15) is 29.0 Å². The van der Waals surface area contributed by atoms with Crippen LogP contribution < -0.4 is 4.90 Å². The first kappa shape index (κ1) is 17.8. The van der Waals surface area contributed by atoms with E-state index in [4.69, 9.17) is 10.5 Å². The molecule has 0 heterocycles. The molecule has 1 aromatic carbocycles. The Morgan fingerprint density at radius 3 is 1.68 bits per heavy atom. The number of hydrogen-bond acceptors (Lipinski definition) is 3. The molecule has 0 atom stereocenters. The fourth-order valence-corrected chi connectivity index (χ4v) is 2.17. The number of hydrogen-bond donors (Lipinski definition) is 0. The van der Waals surface area contributed by atoms with Gasteiger partial charge in [-0.15, -0.1) is 0 Å².